The van der Waals surface area contributed by atoms with Crippen molar-refractivity contribution < 1.29 is 17.6 Å². The maximum absolute atomic E-state index is 14.7. The van der Waals surface area contributed by atoms with Gasteiger partial charge in [0.15, 0.2) is 0 Å². The Labute approximate surface area is 183 Å². The summed E-state index contributed by atoms with van der Waals surface area (Å²) in [7, 11) is 0. The van der Waals surface area contributed by atoms with Crippen molar-refractivity contribution in [1.82, 2.24) is 4.57 Å². The van der Waals surface area contributed by atoms with Gasteiger partial charge < -0.3 is 4.57 Å². The standard InChI is InChI=1S/C25H22F4N2O/c1-15-6-5-7-18(11-15)22-12-21(25(28,29)24(4,26)27)20(13-30)23(32)31(22)14-19-9-8-16(2)10-17(19)3/h5-12H,14H2,1-4H3. The number of aromatic nitrogens is 1. The van der Waals surface area contributed by atoms with Crippen LogP contribution in [0.4, 0.5) is 17.6 Å². The fraction of sp³-hybridized carbons (Fsp3) is 0.280. The lowest BCUT2D eigenvalue weighted by molar-refractivity contribution is -0.205. The molecule has 0 radical (unpaired) electrons. The van der Waals surface area contributed by atoms with E-state index in [-0.39, 0.29) is 19.2 Å². The van der Waals surface area contributed by atoms with Gasteiger partial charge >= 0.3 is 11.8 Å². The first kappa shape index (κ1) is 23.3. The molecule has 0 N–H and O–H groups in total. The van der Waals surface area contributed by atoms with Crippen LogP contribution in [0.2, 0.25) is 0 Å². The van der Waals surface area contributed by atoms with Crippen molar-refractivity contribution in [2.75, 3.05) is 0 Å². The van der Waals surface area contributed by atoms with Gasteiger partial charge in [-0.3, -0.25) is 4.79 Å². The van der Waals surface area contributed by atoms with Crippen molar-refractivity contribution >= 4 is 0 Å². The monoisotopic (exact) mass is 442 g/mol. The molecule has 0 aliphatic heterocycles. The molecule has 7 heteroatoms. The summed E-state index contributed by atoms with van der Waals surface area (Å²) in [4.78, 5) is 13.2. The van der Waals surface area contributed by atoms with Crippen molar-refractivity contribution in [3.05, 3.63) is 92.3 Å². The summed E-state index contributed by atoms with van der Waals surface area (Å²) in [5.74, 6) is -9.16. The van der Waals surface area contributed by atoms with Crippen LogP contribution >= 0.6 is 0 Å². The Morgan fingerprint density at radius 1 is 0.969 bits per heavy atom. The van der Waals surface area contributed by atoms with Crippen LogP contribution in [-0.2, 0) is 12.5 Å². The molecule has 3 aromatic rings. The highest BCUT2D eigenvalue weighted by atomic mass is 19.3. The lowest BCUT2D eigenvalue weighted by Crippen LogP contribution is -2.38. The zero-order valence-corrected chi connectivity index (χ0v) is 18.1. The number of aryl methyl sites for hydroxylation is 3. The molecule has 2 aromatic carbocycles. The van der Waals surface area contributed by atoms with Crippen LogP contribution in [0.1, 0.15) is 40.3 Å². The number of benzene rings is 2. The molecule has 1 aromatic heterocycles. The van der Waals surface area contributed by atoms with Crippen molar-refractivity contribution in [2.45, 2.75) is 46.1 Å². The third-order valence-electron chi connectivity index (χ3n) is 5.44. The molecule has 0 aliphatic carbocycles. The summed E-state index contributed by atoms with van der Waals surface area (Å²) < 4.78 is 58.2. The smallest absolute Gasteiger partial charge is 0.303 e. The van der Waals surface area contributed by atoms with Gasteiger partial charge in [0.05, 0.1) is 17.8 Å². The Balaban J connectivity index is 2.38. The van der Waals surface area contributed by atoms with Crippen LogP contribution in [-0.4, -0.2) is 10.5 Å². The molecular weight excluding hydrogens is 420 g/mol. The van der Waals surface area contributed by atoms with E-state index in [0.29, 0.717) is 5.56 Å². The lowest BCUT2D eigenvalue weighted by atomic mass is 9.95. The molecule has 166 valence electrons. The molecule has 3 nitrogen and oxygen atoms in total. The topological polar surface area (TPSA) is 45.8 Å². The number of hydrogen-bond acceptors (Lipinski definition) is 2. The molecule has 0 spiro atoms. The number of halogens is 4. The van der Waals surface area contributed by atoms with Crippen LogP contribution in [0, 0.1) is 32.1 Å². The quantitative estimate of drug-likeness (QED) is 0.448. The predicted molar refractivity (Wildman–Crippen MR) is 115 cm³/mol. The van der Waals surface area contributed by atoms with Gasteiger partial charge in [-0.05, 0) is 49.6 Å². The summed E-state index contributed by atoms with van der Waals surface area (Å²) in [5, 5.41) is 9.47. The molecule has 0 atom stereocenters. The van der Waals surface area contributed by atoms with Crippen LogP contribution in [0.15, 0.2) is 53.3 Å². The van der Waals surface area contributed by atoms with Crippen molar-refractivity contribution in [3.8, 4) is 17.3 Å². The number of alkyl halides is 4. The zero-order valence-electron chi connectivity index (χ0n) is 18.1. The van der Waals surface area contributed by atoms with Gasteiger partial charge in [-0.2, -0.15) is 22.8 Å². The first-order valence-corrected chi connectivity index (χ1v) is 9.94. The van der Waals surface area contributed by atoms with E-state index >= 15 is 0 Å². The second-order valence-electron chi connectivity index (χ2n) is 8.08. The van der Waals surface area contributed by atoms with Gasteiger partial charge in [0.25, 0.3) is 5.56 Å². The van der Waals surface area contributed by atoms with Gasteiger partial charge in [0, 0.05) is 6.92 Å². The van der Waals surface area contributed by atoms with E-state index in [9.17, 15) is 27.6 Å². The third-order valence-corrected chi connectivity index (χ3v) is 5.44. The molecule has 0 saturated heterocycles. The number of nitriles is 1. The van der Waals surface area contributed by atoms with Crippen LogP contribution < -0.4 is 5.56 Å². The molecule has 32 heavy (non-hydrogen) atoms. The highest BCUT2D eigenvalue weighted by molar-refractivity contribution is 5.64. The summed E-state index contributed by atoms with van der Waals surface area (Å²) in [6.07, 6.45) is 0. The Bertz CT molecular complexity index is 1280. The minimum absolute atomic E-state index is 0.00271. The highest BCUT2D eigenvalue weighted by Gasteiger charge is 2.55. The summed E-state index contributed by atoms with van der Waals surface area (Å²) in [5.41, 5.74) is 0.580. The van der Waals surface area contributed by atoms with Crippen LogP contribution in [0.25, 0.3) is 11.3 Å². The van der Waals surface area contributed by atoms with Crippen molar-refractivity contribution in [2.24, 2.45) is 0 Å². The maximum Gasteiger partial charge on any atom is 0.336 e. The second-order valence-corrected chi connectivity index (χ2v) is 8.08. The molecule has 0 unspecified atom stereocenters. The Hall–Kier alpha value is -3.40. The van der Waals surface area contributed by atoms with Gasteiger partial charge in [-0.25, -0.2) is 0 Å². The minimum Gasteiger partial charge on any atom is -0.303 e. The average Bonchev–Trinajstić information content (AvgIpc) is 2.69. The number of pyridine rings is 1. The summed E-state index contributed by atoms with van der Waals surface area (Å²) in [6, 6.07) is 14.6. The third kappa shape index (κ3) is 4.18. The fourth-order valence-corrected chi connectivity index (χ4v) is 3.63. The second kappa shape index (κ2) is 8.27. The SMILES string of the molecule is Cc1cccc(-c2cc(C(F)(F)C(C)(F)F)c(C#N)c(=O)n2Cc2ccc(C)cc2C)c1. The van der Waals surface area contributed by atoms with Crippen molar-refractivity contribution in [3.63, 3.8) is 0 Å². The van der Waals surface area contributed by atoms with Gasteiger partial charge in [-0.1, -0.05) is 47.5 Å². The van der Waals surface area contributed by atoms with E-state index in [1.807, 2.05) is 32.0 Å². The Kier molecular flexibility index (Phi) is 6.01. The maximum atomic E-state index is 14.7. The summed E-state index contributed by atoms with van der Waals surface area (Å²) >= 11 is 0. The minimum atomic E-state index is -4.70. The molecule has 0 fully saturated rings. The van der Waals surface area contributed by atoms with E-state index in [1.165, 1.54) is 10.6 Å². The highest BCUT2D eigenvalue weighted by Crippen LogP contribution is 2.44. The fourth-order valence-electron chi connectivity index (χ4n) is 3.63. The number of rotatable bonds is 5. The predicted octanol–water partition coefficient (Wildman–Crippen LogP) is 6.11. The zero-order chi connectivity index (χ0) is 23.8. The Morgan fingerprint density at radius 3 is 2.19 bits per heavy atom. The molecule has 0 amide bonds. The first-order chi connectivity index (χ1) is 14.9. The van der Waals surface area contributed by atoms with E-state index < -0.39 is 28.5 Å². The van der Waals surface area contributed by atoms with Crippen molar-refractivity contribution in [1.29, 1.82) is 5.26 Å². The number of nitrogens with zero attached hydrogens (tertiary/aromatic N) is 2. The Morgan fingerprint density at radius 2 is 1.62 bits per heavy atom. The molecular formula is C25H22F4N2O. The largest absolute Gasteiger partial charge is 0.336 e. The van der Waals surface area contributed by atoms with E-state index in [4.69, 9.17) is 0 Å². The lowest BCUT2D eigenvalue weighted by Gasteiger charge is -2.26. The van der Waals surface area contributed by atoms with Gasteiger partial charge in [0.2, 0.25) is 0 Å². The summed E-state index contributed by atoms with van der Waals surface area (Å²) in [6.45, 7) is 5.62. The molecule has 3 rings (SSSR count). The van der Waals surface area contributed by atoms with Gasteiger partial charge in [0.1, 0.15) is 11.6 Å². The molecule has 1 heterocycles. The van der Waals surface area contributed by atoms with E-state index in [2.05, 4.69) is 0 Å². The van der Waals surface area contributed by atoms with E-state index in [0.717, 1.165) is 28.3 Å². The van der Waals surface area contributed by atoms with Gasteiger partial charge in [-0.15, -0.1) is 0 Å². The molecule has 0 aliphatic rings. The van der Waals surface area contributed by atoms with Crippen LogP contribution in [0.3, 0.4) is 0 Å². The molecule has 0 saturated carbocycles. The first-order valence-electron chi connectivity index (χ1n) is 9.94. The van der Waals surface area contributed by atoms with Crippen LogP contribution in [0.5, 0.6) is 0 Å². The number of hydrogen-bond donors (Lipinski definition) is 0. The average molecular weight is 442 g/mol. The normalized spacial score (nSPS) is 12.0. The molecule has 0 bridgehead atoms. The van der Waals surface area contributed by atoms with E-state index in [1.54, 1.807) is 31.2 Å².